The number of nitrogens with one attached hydrogen (secondary N) is 2. The maximum atomic E-state index is 13.3. The second-order valence-corrected chi connectivity index (χ2v) is 8.31. The van der Waals surface area contributed by atoms with Crippen molar-refractivity contribution in [2.75, 3.05) is 19.6 Å². The number of carbonyl (C=O) groups excluding carboxylic acids is 2. The molecule has 1 aliphatic heterocycles. The molecule has 0 saturated carbocycles. The third kappa shape index (κ3) is 4.60. The molecular weight excluding hydrogens is 399 g/mol. The molecule has 4 rings (SSSR count). The zero-order valence-electron chi connectivity index (χ0n) is 18.0. The normalized spacial score (nSPS) is 15.2. The number of nitrogens with zero attached hydrogens (tertiary/aromatic N) is 4. The first-order chi connectivity index (χ1) is 14.8. The number of hydrogen-bond donors (Lipinski definition) is 2. The summed E-state index contributed by atoms with van der Waals surface area (Å²) in [5, 5.41) is 7.42. The molecule has 0 radical (unpaired) electrons. The van der Waals surface area contributed by atoms with Crippen molar-refractivity contribution in [3.8, 4) is 0 Å². The van der Waals surface area contributed by atoms with Gasteiger partial charge >= 0.3 is 0 Å². The Morgan fingerprint density at radius 1 is 1.29 bits per heavy atom. The van der Waals surface area contributed by atoms with E-state index in [0.29, 0.717) is 49.3 Å². The van der Waals surface area contributed by atoms with Gasteiger partial charge in [-0.05, 0) is 45.0 Å². The molecule has 0 bridgehead atoms. The number of aryl methyl sites for hydroxylation is 3. The van der Waals surface area contributed by atoms with Crippen LogP contribution in [0.5, 0.6) is 0 Å². The first kappa shape index (κ1) is 21.0. The summed E-state index contributed by atoms with van der Waals surface area (Å²) in [6.07, 6.45) is 0.744. The molecule has 2 amide bonds. The SMILES string of the molecule is Cc1cc(C)n(C(C)CNC(=O)C2CN(C(=O)CCc3nc4ccc(F)cc4[nH]3)C2)n1. The van der Waals surface area contributed by atoms with Crippen LogP contribution < -0.4 is 5.32 Å². The molecule has 2 N–H and O–H groups in total. The highest BCUT2D eigenvalue weighted by atomic mass is 19.1. The van der Waals surface area contributed by atoms with Crippen LogP contribution in [0, 0.1) is 25.6 Å². The van der Waals surface area contributed by atoms with Gasteiger partial charge in [-0.1, -0.05) is 0 Å². The van der Waals surface area contributed by atoms with Crippen LogP contribution in [-0.2, 0) is 16.0 Å². The number of halogens is 1. The Hall–Kier alpha value is -3.23. The monoisotopic (exact) mass is 426 g/mol. The molecule has 1 saturated heterocycles. The van der Waals surface area contributed by atoms with E-state index >= 15 is 0 Å². The van der Waals surface area contributed by atoms with E-state index in [0.717, 1.165) is 11.4 Å². The van der Waals surface area contributed by atoms with Gasteiger partial charge in [-0.25, -0.2) is 9.37 Å². The quantitative estimate of drug-likeness (QED) is 0.606. The van der Waals surface area contributed by atoms with Crippen molar-refractivity contribution >= 4 is 22.8 Å². The van der Waals surface area contributed by atoms with E-state index < -0.39 is 0 Å². The van der Waals surface area contributed by atoms with Gasteiger partial charge in [0.2, 0.25) is 11.8 Å². The predicted molar refractivity (Wildman–Crippen MR) is 114 cm³/mol. The van der Waals surface area contributed by atoms with E-state index in [1.165, 1.54) is 12.1 Å². The number of aromatic amines is 1. The maximum Gasteiger partial charge on any atom is 0.226 e. The lowest BCUT2D eigenvalue weighted by molar-refractivity contribution is -0.143. The molecule has 2 aromatic heterocycles. The van der Waals surface area contributed by atoms with E-state index in [9.17, 15) is 14.0 Å². The van der Waals surface area contributed by atoms with E-state index in [-0.39, 0.29) is 29.6 Å². The number of amides is 2. The molecule has 0 spiro atoms. The fraction of sp³-hybridized carbons (Fsp3) is 0.455. The van der Waals surface area contributed by atoms with Crippen molar-refractivity contribution in [1.82, 2.24) is 30.0 Å². The zero-order chi connectivity index (χ0) is 22.1. The molecule has 0 aliphatic carbocycles. The van der Waals surface area contributed by atoms with Gasteiger partial charge in [-0.15, -0.1) is 0 Å². The molecule has 164 valence electrons. The fourth-order valence-electron chi connectivity index (χ4n) is 3.96. The van der Waals surface area contributed by atoms with Crippen molar-refractivity contribution in [2.24, 2.45) is 5.92 Å². The van der Waals surface area contributed by atoms with Crippen LogP contribution in [0.1, 0.15) is 36.6 Å². The Morgan fingerprint density at radius 2 is 2.06 bits per heavy atom. The standard InChI is InChI=1S/C22H27FN6O2/c1-13-8-14(2)29(27-13)15(3)10-24-22(31)16-11-28(12-16)21(30)7-6-20-25-18-5-4-17(23)9-19(18)26-20/h4-5,8-9,15-16H,6-7,10-12H2,1-3H3,(H,24,31)(H,25,26). The van der Waals surface area contributed by atoms with Gasteiger partial charge in [0.15, 0.2) is 0 Å². The summed E-state index contributed by atoms with van der Waals surface area (Å²) in [5.41, 5.74) is 3.32. The number of benzene rings is 1. The van der Waals surface area contributed by atoms with Gasteiger partial charge in [0.1, 0.15) is 11.6 Å². The molecule has 9 heteroatoms. The topological polar surface area (TPSA) is 95.9 Å². The molecule has 3 heterocycles. The van der Waals surface area contributed by atoms with Crippen molar-refractivity contribution in [2.45, 2.75) is 39.7 Å². The second kappa shape index (κ2) is 8.49. The smallest absolute Gasteiger partial charge is 0.226 e. The molecule has 1 fully saturated rings. The highest BCUT2D eigenvalue weighted by molar-refractivity contribution is 5.84. The van der Waals surface area contributed by atoms with Crippen molar-refractivity contribution in [3.05, 3.63) is 47.3 Å². The van der Waals surface area contributed by atoms with Crippen LogP contribution in [0.3, 0.4) is 0 Å². The summed E-state index contributed by atoms with van der Waals surface area (Å²) in [6, 6.07) is 6.44. The predicted octanol–water partition coefficient (Wildman–Crippen LogP) is 2.28. The molecule has 1 atom stereocenters. The number of aromatic nitrogens is 4. The molecule has 8 nitrogen and oxygen atoms in total. The Balaban J connectivity index is 1.20. The lowest BCUT2D eigenvalue weighted by Gasteiger charge is -2.38. The van der Waals surface area contributed by atoms with E-state index in [2.05, 4.69) is 20.4 Å². The minimum atomic E-state index is -0.326. The first-order valence-electron chi connectivity index (χ1n) is 10.5. The number of rotatable bonds is 7. The summed E-state index contributed by atoms with van der Waals surface area (Å²) in [6.45, 7) is 7.33. The number of carbonyl (C=O) groups is 2. The van der Waals surface area contributed by atoms with Crippen LogP contribution in [-0.4, -0.2) is 56.1 Å². The Kier molecular flexibility index (Phi) is 5.75. The van der Waals surface area contributed by atoms with Gasteiger partial charge in [-0.3, -0.25) is 14.3 Å². The second-order valence-electron chi connectivity index (χ2n) is 8.31. The zero-order valence-corrected chi connectivity index (χ0v) is 18.0. The van der Waals surface area contributed by atoms with Crippen molar-refractivity contribution < 1.29 is 14.0 Å². The van der Waals surface area contributed by atoms with Crippen LogP contribution in [0.15, 0.2) is 24.3 Å². The van der Waals surface area contributed by atoms with E-state index in [1.807, 2.05) is 31.5 Å². The number of fused-ring (bicyclic) bond motifs is 1. The summed E-state index contributed by atoms with van der Waals surface area (Å²) < 4.78 is 15.2. The van der Waals surface area contributed by atoms with Crippen LogP contribution >= 0.6 is 0 Å². The number of hydrogen-bond acceptors (Lipinski definition) is 4. The van der Waals surface area contributed by atoms with E-state index in [1.54, 1.807) is 11.0 Å². The largest absolute Gasteiger partial charge is 0.354 e. The molecule has 31 heavy (non-hydrogen) atoms. The van der Waals surface area contributed by atoms with Crippen LogP contribution in [0.25, 0.3) is 11.0 Å². The third-order valence-electron chi connectivity index (χ3n) is 5.71. The van der Waals surface area contributed by atoms with Gasteiger partial charge in [0.05, 0.1) is 28.7 Å². The highest BCUT2D eigenvalue weighted by Crippen LogP contribution is 2.19. The summed E-state index contributed by atoms with van der Waals surface area (Å²) in [7, 11) is 0. The van der Waals surface area contributed by atoms with Gasteiger partial charge in [-0.2, -0.15) is 5.10 Å². The van der Waals surface area contributed by atoms with Crippen LogP contribution in [0.4, 0.5) is 4.39 Å². The Morgan fingerprint density at radius 3 is 2.77 bits per heavy atom. The number of H-pyrrole nitrogens is 1. The lowest BCUT2D eigenvalue weighted by atomic mass is 9.98. The number of imidazole rings is 1. The van der Waals surface area contributed by atoms with Crippen molar-refractivity contribution in [1.29, 1.82) is 0 Å². The average Bonchev–Trinajstić information content (AvgIpc) is 3.24. The molecule has 3 aromatic rings. The maximum absolute atomic E-state index is 13.3. The molecular formula is C22H27FN6O2. The minimum absolute atomic E-state index is 0.00769. The summed E-state index contributed by atoms with van der Waals surface area (Å²) >= 11 is 0. The first-order valence-corrected chi connectivity index (χ1v) is 10.5. The third-order valence-corrected chi connectivity index (χ3v) is 5.71. The highest BCUT2D eigenvalue weighted by Gasteiger charge is 2.35. The minimum Gasteiger partial charge on any atom is -0.354 e. The number of likely N-dealkylation sites (tertiary alicyclic amines) is 1. The van der Waals surface area contributed by atoms with Gasteiger partial charge in [0.25, 0.3) is 0 Å². The summed E-state index contributed by atoms with van der Waals surface area (Å²) in [4.78, 5) is 33.9. The summed E-state index contributed by atoms with van der Waals surface area (Å²) in [5.74, 6) is 0.115. The average molecular weight is 426 g/mol. The van der Waals surface area contributed by atoms with E-state index in [4.69, 9.17) is 0 Å². The van der Waals surface area contributed by atoms with Crippen molar-refractivity contribution in [3.63, 3.8) is 0 Å². The van der Waals surface area contributed by atoms with Gasteiger partial charge < -0.3 is 15.2 Å². The fourth-order valence-corrected chi connectivity index (χ4v) is 3.96. The molecule has 1 aromatic carbocycles. The Bertz CT molecular complexity index is 1110. The van der Waals surface area contributed by atoms with Gasteiger partial charge in [0, 0.05) is 38.2 Å². The molecule has 1 unspecified atom stereocenters. The Labute approximate surface area is 179 Å². The lowest BCUT2D eigenvalue weighted by Crippen LogP contribution is -2.56. The van der Waals surface area contributed by atoms with Crippen LogP contribution in [0.2, 0.25) is 0 Å². The molecule has 1 aliphatic rings.